The van der Waals surface area contributed by atoms with Gasteiger partial charge in [-0.1, -0.05) is 23.9 Å². The van der Waals surface area contributed by atoms with Crippen molar-refractivity contribution in [2.24, 2.45) is 7.05 Å². The van der Waals surface area contributed by atoms with Gasteiger partial charge in [-0.15, -0.1) is 5.10 Å². The van der Waals surface area contributed by atoms with Gasteiger partial charge in [0.05, 0.1) is 12.1 Å². The highest BCUT2D eigenvalue weighted by Crippen LogP contribution is 2.24. The van der Waals surface area contributed by atoms with Gasteiger partial charge in [0, 0.05) is 19.3 Å². The van der Waals surface area contributed by atoms with Crippen molar-refractivity contribution >= 4 is 11.8 Å². The minimum absolute atomic E-state index is 0.282. The largest absolute Gasteiger partial charge is 0.460 e. The SMILES string of the molecule is Cn1nnnc1SCCNCc1ccc(-c2ccccc2F)o1. The number of halogens is 1. The number of thioether (sulfide) groups is 1. The van der Waals surface area contributed by atoms with Crippen LogP contribution in [0.4, 0.5) is 4.39 Å². The molecular formula is C15H16FN5OS. The molecular weight excluding hydrogens is 317 g/mol. The lowest BCUT2D eigenvalue weighted by Crippen LogP contribution is -2.16. The Labute approximate surface area is 137 Å². The van der Waals surface area contributed by atoms with Crippen molar-refractivity contribution in [3.8, 4) is 11.3 Å². The summed E-state index contributed by atoms with van der Waals surface area (Å²) in [5.74, 6) is 1.87. The zero-order chi connectivity index (χ0) is 16.1. The van der Waals surface area contributed by atoms with Crippen LogP contribution in [-0.2, 0) is 13.6 Å². The molecule has 0 aliphatic carbocycles. The van der Waals surface area contributed by atoms with E-state index in [0.29, 0.717) is 17.9 Å². The van der Waals surface area contributed by atoms with Crippen molar-refractivity contribution < 1.29 is 8.81 Å². The summed E-state index contributed by atoms with van der Waals surface area (Å²) in [5.41, 5.74) is 0.476. The van der Waals surface area contributed by atoms with Crippen molar-refractivity contribution in [1.29, 1.82) is 0 Å². The molecule has 1 aromatic carbocycles. The molecule has 2 heterocycles. The van der Waals surface area contributed by atoms with Crippen LogP contribution in [0, 0.1) is 5.82 Å². The van der Waals surface area contributed by atoms with Crippen LogP contribution in [0.25, 0.3) is 11.3 Å². The van der Waals surface area contributed by atoms with Gasteiger partial charge < -0.3 is 9.73 Å². The van der Waals surface area contributed by atoms with Crippen LogP contribution in [0.3, 0.4) is 0 Å². The molecule has 0 saturated carbocycles. The maximum atomic E-state index is 13.7. The van der Waals surface area contributed by atoms with E-state index in [4.69, 9.17) is 4.42 Å². The van der Waals surface area contributed by atoms with Crippen molar-refractivity contribution in [2.75, 3.05) is 12.3 Å². The standard InChI is InChI=1S/C15H16FN5OS/c1-21-15(18-19-20-21)23-9-8-17-10-11-6-7-14(22-11)12-4-2-3-5-13(12)16/h2-7,17H,8-10H2,1H3. The minimum Gasteiger partial charge on any atom is -0.460 e. The Morgan fingerprint density at radius 2 is 2.13 bits per heavy atom. The molecule has 0 atom stereocenters. The minimum atomic E-state index is -0.282. The molecule has 0 radical (unpaired) electrons. The van der Waals surface area contributed by atoms with Gasteiger partial charge in [0.2, 0.25) is 5.16 Å². The average Bonchev–Trinajstić information content (AvgIpc) is 3.17. The van der Waals surface area contributed by atoms with Crippen LogP contribution in [0.5, 0.6) is 0 Å². The number of benzene rings is 1. The second-order valence-corrected chi connectivity index (χ2v) is 5.92. The second-order valence-electron chi connectivity index (χ2n) is 4.86. The van der Waals surface area contributed by atoms with Gasteiger partial charge in [-0.3, -0.25) is 0 Å². The van der Waals surface area contributed by atoms with Crippen molar-refractivity contribution in [2.45, 2.75) is 11.7 Å². The van der Waals surface area contributed by atoms with Crippen molar-refractivity contribution in [3.05, 3.63) is 48.0 Å². The molecule has 0 bridgehead atoms. The Morgan fingerprint density at radius 3 is 2.91 bits per heavy atom. The third kappa shape index (κ3) is 3.96. The second kappa shape index (κ2) is 7.38. The molecule has 1 N–H and O–H groups in total. The van der Waals surface area contributed by atoms with Gasteiger partial charge in [-0.05, 0) is 34.7 Å². The fraction of sp³-hybridized carbons (Fsp3) is 0.267. The Hall–Kier alpha value is -2.19. The maximum absolute atomic E-state index is 13.7. The third-order valence-corrected chi connectivity index (χ3v) is 4.20. The van der Waals surface area contributed by atoms with Crippen molar-refractivity contribution in [1.82, 2.24) is 25.5 Å². The molecule has 8 heteroatoms. The Balaban J connectivity index is 1.46. The van der Waals surface area contributed by atoms with E-state index in [0.717, 1.165) is 23.2 Å². The molecule has 0 amide bonds. The molecule has 0 spiro atoms. The highest BCUT2D eigenvalue weighted by Gasteiger charge is 2.09. The van der Waals surface area contributed by atoms with Gasteiger partial charge in [-0.25, -0.2) is 9.07 Å². The molecule has 0 aliphatic rings. The number of nitrogens with one attached hydrogen (secondary N) is 1. The van der Waals surface area contributed by atoms with E-state index in [1.165, 1.54) is 6.07 Å². The van der Waals surface area contributed by atoms with E-state index >= 15 is 0 Å². The van der Waals surface area contributed by atoms with Crippen LogP contribution in [0.2, 0.25) is 0 Å². The van der Waals surface area contributed by atoms with Crippen LogP contribution in [-0.4, -0.2) is 32.5 Å². The average molecular weight is 333 g/mol. The zero-order valence-electron chi connectivity index (χ0n) is 12.6. The van der Waals surface area contributed by atoms with Crippen LogP contribution >= 0.6 is 11.8 Å². The summed E-state index contributed by atoms with van der Waals surface area (Å²) in [6, 6.07) is 10.2. The quantitative estimate of drug-likeness (QED) is 0.529. The van der Waals surface area contributed by atoms with Crippen LogP contribution < -0.4 is 5.32 Å². The molecule has 0 aliphatic heterocycles. The van der Waals surface area contributed by atoms with Crippen LogP contribution in [0.15, 0.2) is 46.0 Å². The first-order valence-electron chi connectivity index (χ1n) is 7.13. The summed E-state index contributed by atoms with van der Waals surface area (Å²) in [7, 11) is 1.81. The lowest BCUT2D eigenvalue weighted by atomic mass is 10.1. The van der Waals surface area contributed by atoms with E-state index in [2.05, 4.69) is 20.8 Å². The van der Waals surface area contributed by atoms with Gasteiger partial charge in [0.25, 0.3) is 0 Å². The fourth-order valence-electron chi connectivity index (χ4n) is 2.05. The predicted octanol–water partition coefficient (Wildman–Crippen LogP) is 2.49. The van der Waals surface area contributed by atoms with E-state index in [1.54, 1.807) is 40.7 Å². The van der Waals surface area contributed by atoms with Gasteiger partial charge >= 0.3 is 0 Å². The molecule has 0 fully saturated rings. The van der Waals surface area contributed by atoms with Gasteiger partial charge in [0.15, 0.2) is 0 Å². The van der Waals surface area contributed by atoms with E-state index in [-0.39, 0.29) is 5.82 Å². The summed E-state index contributed by atoms with van der Waals surface area (Å²) >= 11 is 1.58. The highest BCUT2D eigenvalue weighted by atomic mass is 32.2. The highest BCUT2D eigenvalue weighted by molar-refractivity contribution is 7.99. The number of hydrogen-bond donors (Lipinski definition) is 1. The predicted molar refractivity (Wildman–Crippen MR) is 85.3 cm³/mol. The van der Waals surface area contributed by atoms with E-state index < -0.39 is 0 Å². The molecule has 0 saturated heterocycles. The number of hydrogen-bond acceptors (Lipinski definition) is 6. The number of rotatable bonds is 7. The number of nitrogens with zero attached hydrogens (tertiary/aromatic N) is 4. The molecule has 6 nitrogen and oxygen atoms in total. The summed E-state index contributed by atoms with van der Waals surface area (Å²) in [6.07, 6.45) is 0. The number of tetrazole rings is 1. The Kier molecular flexibility index (Phi) is 5.04. The van der Waals surface area contributed by atoms with Crippen LogP contribution in [0.1, 0.15) is 5.76 Å². The lowest BCUT2D eigenvalue weighted by molar-refractivity contribution is 0.495. The fourth-order valence-corrected chi connectivity index (χ4v) is 2.79. The summed E-state index contributed by atoms with van der Waals surface area (Å²) < 4.78 is 21.0. The molecule has 3 aromatic rings. The van der Waals surface area contributed by atoms with Gasteiger partial charge in [0.1, 0.15) is 17.3 Å². The summed E-state index contributed by atoms with van der Waals surface area (Å²) in [5, 5.41) is 15.3. The number of aromatic nitrogens is 4. The van der Waals surface area contributed by atoms with E-state index in [9.17, 15) is 4.39 Å². The zero-order valence-corrected chi connectivity index (χ0v) is 13.4. The Bertz CT molecular complexity index is 773. The first-order chi connectivity index (χ1) is 11.2. The first kappa shape index (κ1) is 15.7. The smallest absolute Gasteiger partial charge is 0.209 e. The van der Waals surface area contributed by atoms with Gasteiger partial charge in [-0.2, -0.15) is 0 Å². The summed E-state index contributed by atoms with van der Waals surface area (Å²) in [6.45, 7) is 1.37. The van der Waals surface area contributed by atoms with E-state index in [1.807, 2.05) is 13.1 Å². The third-order valence-electron chi connectivity index (χ3n) is 3.19. The molecule has 0 unspecified atom stereocenters. The topological polar surface area (TPSA) is 68.8 Å². The van der Waals surface area contributed by atoms with Crippen molar-refractivity contribution in [3.63, 3.8) is 0 Å². The lowest BCUT2D eigenvalue weighted by Gasteiger charge is -2.02. The first-order valence-corrected chi connectivity index (χ1v) is 8.12. The maximum Gasteiger partial charge on any atom is 0.209 e. The normalized spacial score (nSPS) is 11.0. The molecule has 120 valence electrons. The Morgan fingerprint density at radius 1 is 1.26 bits per heavy atom. The molecule has 2 aromatic heterocycles. The number of aryl methyl sites for hydroxylation is 1. The summed E-state index contributed by atoms with van der Waals surface area (Å²) in [4.78, 5) is 0. The molecule has 23 heavy (non-hydrogen) atoms. The monoisotopic (exact) mass is 333 g/mol. The number of furan rings is 1. The molecule has 3 rings (SSSR count).